The summed E-state index contributed by atoms with van der Waals surface area (Å²) in [5.41, 5.74) is 2.51. The van der Waals surface area contributed by atoms with E-state index >= 15 is 0 Å². The largest absolute Gasteiger partial charge is 0.357 e. The number of benzene rings is 1. The molecule has 0 unspecified atom stereocenters. The number of hydrogen-bond donors (Lipinski definition) is 3. The van der Waals surface area contributed by atoms with Crippen LogP contribution < -0.4 is 16.6 Å². The third kappa shape index (κ3) is 2.90. The van der Waals surface area contributed by atoms with Crippen LogP contribution in [0.3, 0.4) is 0 Å². The third-order valence-corrected chi connectivity index (χ3v) is 1.85. The van der Waals surface area contributed by atoms with Crippen molar-refractivity contribution >= 4 is 17.3 Å². The molecule has 0 atom stereocenters. The molecule has 0 amide bonds. The first-order valence-electron chi connectivity index (χ1n) is 3.82. The van der Waals surface area contributed by atoms with Crippen molar-refractivity contribution in [1.29, 1.82) is 0 Å². The quantitative estimate of drug-likeness (QED) is 0.390. The van der Waals surface area contributed by atoms with Crippen molar-refractivity contribution < 1.29 is 8.78 Å². The molecule has 6 heteroatoms. The van der Waals surface area contributed by atoms with Crippen LogP contribution in [-0.2, 0) is 6.54 Å². The summed E-state index contributed by atoms with van der Waals surface area (Å²) in [5, 5.41) is 2.84. The summed E-state index contributed by atoms with van der Waals surface area (Å²) in [7, 11) is 0. The molecule has 76 valence electrons. The van der Waals surface area contributed by atoms with Crippen LogP contribution in [-0.4, -0.2) is 5.11 Å². The van der Waals surface area contributed by atoms with Crippen LogP contribution in [0.1, 0.15) is 5.56 Å². The van der Waals surface area contributed by atoms with Crippen molar-refractivity contribution in [2.45, 2.75) is 6.54 Å². The number of thiocarbonyl (C=S) groups is 1. The number of hydrazine groups is 1. The molecule has 4 N–H and O–H groups in total. The van der Waals surface area contributed by atoms with E-state index in [-0.39, 0.29) is 11.7 Å². The van der Waals surface area contributed by atoms with E-state index in [0.29, 0.717) is 5.56 Å². The molecule has 14 heavy (non-hydrogen) atoms. The lowest BCUT2D eigenvalue weighted by Crippen LogP contribution is -2.39. The Morgan fingerprint density at radius 2 is 2.14 bits per heavy atom. The molecular weight excluding hydrogens is 208 g/mol. The molecule has 3 nitrogen and oxygen atoms in total. The van der Waals surface area contributed by atoms with Gasteiger partial charge in [-0.25, -0.2) is 14.6 Å². The van der Waals surface area contributed by atoms with E-state index in [1.54, 1.807) is 0 Å². The topological polar surface area (TPSA) is 50.1 Å². The first-order valence-corrected chi connectivity index (χ1v) is 4.22. The number of halogens is 2. The van der Waals surface area contributed by atoms with Crippen molar-refractivity contribution in [3.8, 4) is 0 Å². The molecule has 1 rings (SSSR count). The maximum Gasteiger partial charge on any atom is 0.180 e. The SMILES string of the molecule is NNC(=S)NCc1ccc(F)cc1F. The van der Waals surface area contributed by atoms with Gasteiger partial charge in [0.2, 0.25) is 0 Å². The van der Waals surface area contributed by atoms with Crippen LogP contribution in [0.5, 0.6) is 0 Å². The van der Waals surface area contributed by atoms with Crippen molar-refractivity contribution in [2.24, 2.45) is 5.84 Å². The molecule has 1 aromatic carbocycles. The van der Waals surface area contributed by atoms with Gasteiger partial charge in [-0.2, -0.15) is 0 Å². The highest BCUT2D eigenvalue weighted by Crippen LogP contribution is 2.08. The Balaban J connectivity index is 2.63. The molecule has 0 bridgehead atoms. The number of nitrogens with two attached hydrogens (primary N) is 1. The predicted molar refractivity (Wildman–Crippen MR) is 53.1 cm³/mol. The molecule has 0 fully saturated rings. The van der Waals surface area contributed by atoms with Crippen LogP contribution in [0, 0.1) is 11.6 Å². The molecule has 0 aliphatic heterocycles. The maximum atomic E-state index is 13.0. The number of hydrogen-bond acceptors (Lipinski definition) is 2. The summed E-state index contributed by atoms with van der Waals surface area (Å²) in [6, 6.07) is 3.34. The fourth-order valence-corrected chi connectivity index (χ4v) is 0.964. The van der Waals surface area contributed by atoms with Gasteiger partial charge in [0, 0.05) is 18.2 Å². The van der Waals surface area contributed by atoms with Gasteiger partial charge >= 0.3 is 0 Å². The fraction of sp³-hybridized carbons (Fsp3) is 0.125. The predicted octanol–water partition coefficient (Wildman–Crippen LogP) is 0.803. The number of nitrogens with one attached hydrogen (secondary N) is 2. The van der Waals surface area contributed by atoms with E-state index < -0.39 is 11.6 Å². The van der Waals surface area contributed by atoms with Gasteiger partial charge in [0.15, 0.2) is 5.11 Å². The molecule has 0 saturated heterocycles. The normalized spacial score (nSPS) is 9.64. The zero-order chi connectivity index (χ0) is 10.6. The second-order valence-electron chi connectivity index (χ2n) is 2.56. The Hall–Kier alpha value is -1.27. The van der Waals surface area contributed by atoms with E-state index in [0.717, 1.165) is 6.07 Å². The highest BCUT2D eigenvalue weighted by molar-refractivity contribution is 7.80. The van der Waals surface area contributed by atoms with Crippen LogP contribution in [0.25, 0.3) is 0 Å². The van der Waals surface area contributed by atoms with Crippen molar-refractivity contribution in [3.63, 3.8) is 0 Å². The highest BCUT2D eigenvalue weighted by atomic mass is 32.1. The average molecular weight is 217 g/mol. The van der Waals surface area contributed by atoms with Crippen LogP contribution in [0.2, 0.25) is 0 Å². The van der Waals surface area contributed by atoms with Gasteiger partial charge in [0.25, 0.3) is 0 Å². The van der Waals surface area contributed by atoms with Gasteiger partial charge in [-0.05, 0) is 18.3 Å². The van der Waals surface area contributed by atoms with Crippen LogP contribution in [0.4, 0.5) is 8.78 Å². The average Bonchev–Trinajstić information content (AvgIpc) is 2.16. The summed E-state index contributed by atoms with van der Waals surface area (Å²) >= 11 is 4.68. The number of rotatable bonds is 2. The van der Waals surface area contributed by atoms with Crippen LogP contribution >= 0.6 is 12.2 Å². The lowest BCUT2D eigenvalue weighted by atomic mass is 10.2. The van der Waals surface area contributed by atoms with Crippen molar-refractivity contribution in [2.75, 3.05) is 0 Å². The second-order valence-corrected chi connectivity index (χ2v) is 2.97. The molecule has 0 aliphatic carbocycles. The van der Waals surface area contributed by atoms with E-state index in [1.807, 2.05) is 0 Å². The smallest absolute Gasteiger partial charge is 0.180 e. The Kier molecular flexibility index (Phi) is 3.73. The van der Waals surface area contributed by atoms with Crippen molar-refractivity contribution in [1.82, 2.24) is 10.7 Å². The maximum absolute atomic E-state index is 13.0. The van der Waals surface area contributed by atoms with Gasteiger partial charge in [0.05, 0.1) is 0 Å². The summed E-state index contributed by atoms with van der Waals surface area (Å²) in [6.07, 6.45) is 0. The third-order valence-electron chi connectivity index (χ3n) is 1.59. The van der Waals surface area contributed by atoms with E-state index in [2.05, 4.69) is 23.0 Å². The molecule has 1 aromatic rings. The van der Waals surface area contributed by atoms with E-state index in [4.69, 9.17) is 5.84 Å². The van der Waals surface area contributed by atoms with Gasteiger partial charge in [-0.1, -0.05) is 6.07 Å². The Morgan fingerprint density at radius 1 is 1.43 bits per heavy atom. The van der Waals surface area contributed by atoms with E-state index in [1.165, 1.54) is 12.1 Å². The summed E-state index contributed by atoms with van der Waals surface area (Å²) in [6.45, 7) is 0.162. The Bertz CT molecular complexity index is 343. The highest BCUT2D eigenvalue weighted by Gasteiger charge is 2.03. The van der Waals surface area contributed by atoms with E-state index in [9.17, 15) is 8.78 Å². The Labute approximate surface area is 85.3 Å². The Morgan fingerprint density at radius 3 is 2.71 bits per heavy atom. The molecule has 0 spiro atoms. The van der Waals surface area contributed by atoms with Gasteiger partial charge < -0.3 is 10.7 Å². The summed E-state index contributed by atoms with van der Waals surface area (Å²) in [4.78, 5) is 0. The fourth-order valence-electron chi connectivity index (χ4n) is 0.892. The van der Waals surface area contributed by atoms with Gasteiger partial charge in [0.1, 0.15) is 11.6 Å². The molecule has 0 heterocycles. The zero-order valence-electron chi connectivity index (χ0n) is 7.18. The van der Waals surface area contributed by atoms with Crippen molar-refractivity contribution in [3.05, 3.63) is 35.4 Å². The van der Waals surface area contributed by atoms with Gasteiger partial charge in [-0.3, -0.25) is 0 Å². The minimum absolute atomic E-state index is 0.162. The van der Waals surface area contributed by atoms with Crippen LogP contribution in [0.15, 0.2) is 18.2 Å². The lowest BCUT2D eigenvalue weighted by molar-refractivity contribution is 0.569. The molecule has 0 saturated carbocycles. The molecule has 0 radical (unpaired) electrons. The summed E-state index contributed by atoms with van der Waals surface area (Å²) in [5.74, 6) is 3.77. The first kappa shape index (κ1) is 10.8. The lowest BCUT2D eigenvalue weighted by Gasteiger charge is -2.07. The standard InChI is InChI=1S/C8H9F2N3S/c9-6-2-1-5(7(10)3-6)4-12-8(14)13-11/h1-3H,4,11H2,(H2,12,13,14). The second kappa shape index (κ2) is 4.83. The minimum atomic E-state index is -0.614. The molecule has 0 aromatic heterocycles. The summed E-state index contributed by atoms with van der Waals surface area (Å²) < 4.78 is 25.5. The monoisotopic (exact) mass is 217 g/mol. The molecular formula is C8H9F2N3S. The first-order chi connectivity index (χ1) is 6.63. The minimum Gasteiger partial charge on any atom is -0.357 e. The van der Waals surface area contributed by atoms with Gasteiger partial charge in [-0.15, -0.1) is 0 Å². The zero-order valence-corrected chi connectivity index (χ0v) is 8.00. The molecule has 0 aliphatic rings.